The quantitative estimate of drug-likeness (QED) is 0.659. The number of nitrogens with one attached hydrogen (secondary N) is 1. The maximum absolute atomic E-state index is 13.0. The van der Waals surface area contributed by atoms with E-state index in [1.807, 2.05) is 13.0 Å². The fourth-order valence-electron chi connectivity index (χ4n) is 3.61. The number of carbonyl (C=O) groups is 3. The van der Waals surface area contributed by atoms with E-state index in [0.29, 0.717) is 22.7 Å². The second-order valence-electron chi connectivity index (χ2n) is 6.30. The Hall–Kier alpha value is -2.14. The van der Waals surface area contributed by atoms with Crippen LogP contribution < -0.4 is 5.32 Å². The van der Waals surface area contributed by atoms with Gasteiger partial charge in [0, 0.05) is 28.6 Å². The van der Waals surface area contributed by atoms with Gasteiger partial charge in [0.25, 0.3) is 0 Å². The molecule has 1 amide bonds. The van der Waals surface area contributed by atoms with Crippen LogP contribution in [0.1, 0.15) is 31.2 Å². The van der Waals surface area contributed by atoms with Crippen molar-refractivity contribution in [2.45, 2.75) is 25.7 Å². The number of Topliss-reactive ketones (excluding diaryl/α,β-unsaturated/α-hetero) is 1. The Bertz CT molecular complexity index is 755. The third kappa shape index (κ3) is 2.84. The molecule has 1 heterocycles. The SMILES string of the molecule is COC(=O)[C@H]1C(=O)C2=C(C[C@H]1C)NC(=O)C[C@@H]2c1cccc(Cl)c1. The molecule has 0 unspecified atom stereocenters. The summed E-state index contributed by atoms with van der Waals surface area (Å²) in [7, 11) is 1.28. The number of carbonyl (C=O) groups excluding carboxylic acids is 3. The number of hydrogen-bond donors (Lipinski definition) is 1. The van der Waals surface area contributed by atoms with Gasteiger partial charge in [0.15, 0.2) is 5.78 Å². The van der Waals surface area contributed by atoms with E-state index in [9.17, 15) is 14.4 Å². The summed E-state index contributed by atoms with van der Waals surface area (Å²) in [5, 5.41) is 3.35. The predicted octanol–water partition coefficient (Wildman–Crippen LogP) is 2.60. The molecule has 5 nitrogen and oxygen atoms in total. The van der Waals surface area contributed by atoms with Gasteiger partial charge in [-0.1, -0.05) is 30.7 Å². The van der Waals surface area contributed by atoms with Crippen molar-refractivity contribution in [2.75, 3.05) is 7.11 Å². The van der Waals surface area contributed by atoms with Crippen molar-refractivity contribution in [3.63, 3.8) is 0 Å². The lowest BCUT2D eigenvalue weighted by molar-refractivity contribution is -0.151. The molecule has 0 aromatic heterocycles. The Labute approximate surface area is 145 Å². The fourth-order valence-corrected chi connectivity index (χ4v) is 3.80. The van der Waals surface area contributed by atoms with Gasteiger partial charge in [-0.2, -0.15) is 0 Å². The van der Waals surface area contributed by atoms with Crippen molar-refractivity contribution in [3.05, 3.63) is 46.1 Å². The Morgan fingerprint density at radius 3 is 2.71 bits per heavy atom. The number of amides is 1. The van der Waals surface area contributed by atoms with Crippen molar-refractivity contribution in [3.8, 4) is 0 Å². The number of rotatable bonds is 2. The maximum Gasteiger partial charge on any atom is 0.316 e. The molecule has 0 saturated heterocycles. The molecule has 1 aliphatic heterocycles. The lowest BCUT2D eigenvalue weighted by Gasteiger charge is -2.36. The summed E-state index contributed by atoms with van der Waals surface area (Å²) in [6.45, 7) is 1.82. The maximum atomic E-state index is 13.0. The minimum atomic E-state index is -0.828. The predicted molar refractivity (Wildman–Crippen MR) is 88.3 cm³/mol. The van der Waals surface area contributed by atoms with Gasteiger partial charge in [-0.15, -0.1) is 0 Å². The molecular formula is C18H18ClNO4. The minimum absolute atomic E-state index is 0.129. The zero-order valence-corrected chi connectivity index (χ0v) is 14.2. The second kappa shape index (κ2) is 6.40. The van der Waals surface area contributed by atoms with Gasteiger partial charge in [-0.3, -0.25) is 14.4 Å². The fraction of sp³-hybridized carbons (Fsp3) is 0.389. The summed E-state index contributed by atoms with van der Waals surface area (Å²) >= 11 is 6.06. The Balaban J connectivity index is 2.08. The summed E-state index contributed by atoms with van der Waals surface area (Å²) in [5.74, 6) is -2.36. The molecule has 0 bridgehead atoms. The summed E-state index contributed by atoms with van der Waals surface area (Å²) in [4.78, 5) is 37.1. The molecule has 6 heteroatoms. The van der Waals surface area contributed by atoms with Crippen molar-refractivity contribution < 1.29 is 19.1 Å². The van der Waals surface area contributed by atoms with Crippen LogP contribution in [0.5, 0.6) is 0 Å². The van der Waals surface area contributed by atoms with Crippen molar-refractivity contribution in [1.82, 2.24) is 5.32 Å². The van der Waals surface area contributed by atoms with E-state index in [1.165, 1.54) is 7.11 Å². The highest BCUT2D eigenvalue weighted by atomic mass is 35.5. The molecule has 0 spiro atoms. The zero-order chi connectivity index (χ0) is 17.4. The molecule has 3 rings (SSSR count). The molecule has 2 aliphatic rings. The molecule has 1 N–H and O–H groups in total. The highest BCUT2D eigenvalue weighted by molar-refractivity contribution is 6.30. The van der Waals surface area contributed by atoms with Gasteiger partial charge in [0.2, 0.25) is 5.91 Å². The van der Waals surface area contributed by atoms with Gasteiger partial charge < -0.3 is 10.1 Å². The smallest absolute Gasteiger partial charge is 0.316 e. The molecule has 0 saturated carbocycles. The monoisotopic (exact) mass is 347 g/mol. The molecule has 0 radical (unpaired) electrons. The van der Waals surface area contributed by atoms with Crippen molar-refractivity contribution in [2.24, 2.45) is 11.8 Å². The molecule has 24 heavy (non-hydrogen) atoms. The first-order valence-corrected chi connectivity index (χ1v) is 8.20. The molecule has 3 atom stereocenters. The van der Waals surface area contributed by atoms with E-state index in [-0.39, 0.29) is 29.9 Å². The molecular weight excluding hydrogens is 330 g/mol. The van der Waals surface area contributed by atoms with E-state index >= 15 is 0 Å². The number of methoxy groups -OCH3 is 1. The molecule has 1 aromatic rings. The van der Waals surface area contributed by atoms with Crippen LogP contribution in [-0.2, 0) is 19.1 Å². The third-order valence-electron chi connectivity index (χ3n) is 4.70. The van der Waals surface area contributed by atoms with Crippen LogP contribution in [0.4, 0.5) is 0 Å². The summed E-state index contributed by atoms with van der Waals surface area (Å²) in [5.41, 5.74) is 1.93. The third-order valence-corrected chi connectivity index (χ3v) is 4.94. The summed E-state index contributed by atoms with van der Waals surface area (Å²) in [6, 6.07) is 7.13. The van der Waals surface area contributed by atoms with Crippen LogP contribution in [0.3, 0.4) is 0 Å². The average molecular weight is 348 g/mol. The number of benzene rings is 1. The number of allylic oxidation sites excluding steroid dienone is 2. The Morgan fingerprint density at radius 1 is 1.29 bits per heavy atom. The standard InChI is InChI=1S/C18H18ClNO4/c1-9-6-13-16(17(22)15(9)18(23)24-2)12(8-14(21)20-13)10-4-3-5-11(19)7-10/h3-5,7,9,12,15H,6,8H2,1-2H3,(H,20,21)/t9-,12-,15-/m1/s1. The Morgan fingerprint density at radius 2 is 2.04 bits per heavy atom. The van der Waals surface area contributed by atoms with Crippen molar-refractivity contribution in [1.29, 1.82) is 0 Å². The van der Waals surface area contributed by atoms with Gasteiger partial charge in [0.1, 0.15) is 5.92 Å². The van der Waals surface area contributed by atoms with Crippen molar-refractivity contribution >= 4 is 29.3 Å². The highest BCUT2D eigenvalue weighted by Gasteiger charge is 2.45. The van der Waals surface area contributed by atoms with Crippen LogP contribution in [0.15, 0.2) is 35.5 Å². The van der Waals surface area contributed by atoms with Gasteiger partial charge >= 0.3 is 5.97 Å². The topological polar surface area (TPSA) is 72.5 Å². The number of hydrogen-bond acceptors (Lipinski definition) is 4. The van der Waals surface area contributed by atoms with Crippen LogP contribution in [-0.4, -0.2) is 24.8 Å². The van der Waals surface area contributed by atoms with E-state index in [0.717, 1.165) is 5.56 Å². The molecule has 1 aliphatic carbocycles. The lowest BCUT2D eigenvalue weighted by Crippen LogP contribution is -2.44. The van der Waals surface area contributed by atoms with Crippen LogP contribution in [0, 0.1) is 11.8 Å². The van der Waals surface area contributed by atoms with E-state index in [2.05, 4.69) is 5.32 Å². The molecule has 1 aromatic carbocycles. The number of ether oxygens (including phenoxy) is 1. The van der Waals surface area contributed by atoms with Gasteiger partial charge in [-0.05, 0) is 30.0 Å². The minimum Gasteiger partial charge on any atom is -0.468 e. The highest BCUT2D eigenvalue weighted by Crippen LogP contribution is 2.42. The summed E-state index contributed by atoms with van der Waals surface area (Å²) < 4.78 is 4.80. The van der Waals surface area contributed by atoms with Crippen LogP contribution >= 0.6 is 11.6 Å². The number of ketones is 1. The average Bonchev–Trinajstić information content (AvgIpc) is 2.53. The lowest BCUT2D eigenvalue weighted by atomic mass is 9.70. The van der Waals surface area contributed by atoms with E-state index in [1.54, 1.807) is 18.2 Å². The Kier molecular flexibility index (Phi) is 4.45. The number of halogens is 1. The van der Waals surface area contributed by atoms with Crippen LogP contribution in [0.2, 0.25) is 5.02 Å². The second-order valence-corrected chi connectivity index (χ2v) is 6.74. The van der Waals surface area contributed by atoms with Gasteiger partial charge in [0.05, 0.1) is 7.11 Å². The molecule has 0 fully saturated rings. The largest absolute Gasteiger partial charge is 0.468 e. The first-order chi connectivity index (χ1) is 11.4. The normalized spacial score (nSPS) is 26.7. The van der Waals surface area contributed by atoms with E-state index < -0.39 is 11.9 Å². The molecule has 126 valence electrons. The van der Waals surface area contributed by atoms with Crippen LogP contribution in [0.25, 0.3) is 0 Å². The first-order valence-electron chi connectivity index (χ1n) is 7.82. The van der Waals surface area contributed by atoms with E-state index in [4.69, 9.17) is 16.3 Å². The van der Waals surface area contributed by atoms with Gasteiger partial charge in [-0.25, -0.2) is 0 Å². The summed E-state index contributed by atoms with van der Waals surface area (Å²) in [6.07, 6.45) is 0.622. The first kappa shape index (κ1) is 16.7. The number of esters is 1. The zero-order valence-electron chi connectivity index (χ0n) is 13.5.